The Hall–Kier alpha value is -3.13. The summed E-state index contributed by atoms with van der Waals surface area (Å²) in [4.78, 5) is 25.8. The number of anilines is 1. The number of hydrogen-bond acceptors (Lipinski definition) is 5. The molecular weight excluding hydrogens is 438 g/mol. The van der Waals surface area contributed by atoms with E-state index >= 15 is 0 Å². The van der Waals surface area contributed by atoms with Gasteiger partial charge in [0.2, 0.25) is 12.7 Å². The zero-order chi connectivity index (χ0) is 20.1. The van der Waals surface area contributed by atoms with Gasteiger partial charge in [0.15, 0.2) is 17.3 Å². The van der Waals surface area contributed by atoms with Crippen molar-refractivity contribution in [1.82, 2.24) is 9.78 Å². The molecule has 0 aliphatic carbocycles. The minimum Gasteiger partial charge on any atom is -0.454 e. The van der Waals surface area contributed by atoms with Crippen LogP contribution >= 0.6 is 15.9 Å². The highest BCUT2D eigenvalue weighted by molar-refractivity contribution is 9.10. The van der Waals surface area contributed by atoms with E-state index in [1.54, 1.807) is 22.9 Å². The average Bonchev–Trinajstić information content (AvgIpc) is 3.31. The number of carbonyl (C=O) groups is 2. The molecule has 146 valence electrons. The van der Waals surface area contributed by atoms with Crippen LogP contribution in [0.3, 0.4) is 0 Å². The molecule has 2 aliphatic rings. The van der Waals surface area contributed by atoms with Crippen molar-refractivity contribution in [2.24, 2.45) is 0 Å². The lowest BCUT2D eigenvalue weighted by Gasteiger charge is -2.23. The van der Waals surface area contributed by atoms with Crippen LogP contribution in [0.1, 0.15) is 34.0 Å². The summed E-state index contributed by atoms with van der Waals surface area (Å²) in [7, 11) is 0. The van der Waals surface area contributed by atoms with Crippen LogP contribution in [0, 0.1) is 6.92 Å². The number of carbonyl (C=O) groups excluding carboxylic acids is 2. The van der Waals surface area contributed by atoms with Gasteiger partial charge in [-0.25, -0.2) is 4.68 Å². The van der Waals surface area contributed by atoms with E-state index in [0.29, 0.717) is 28.6 Å². The number of nitrogens with one attached hydrogen (secondary N) is 1. The second-order valence-corrected chi connectivity index (χ2v) is 7.89. The quantitative estimate of drug-likeness (QED) is 0.606. The topological polar surface area (TPSA) is 82.5 Å². The Kier molecular flexibility index (Phi) is 4.16. The monoisotopic (exact) mass is 453 g/mol. The fourth-order valence-electron chi connectivity index (χ4n) is 3.79. The van der Waals surface area contributed by atoms with E-state index in [1.165, 1.54) is 0 Å². The highest BCUT2D eigenvalue weighted by Crippen LogP contribution is 2.40. The van der Waals surface area contributed by atoms with Crippen LogP contribution in [0.15, 0.2) is 46.9 Å². The third-order valence-electron chi connectivity index (χ3n) is 5.15. The zero-order valence-corrected chi connectivity index (χ0v) is 17.0. The van der Waals surface area contributed by atoms with Crippen molar-refractivity contribution in [3.05, 3.63) is 63.8 Å². The smallest absolute Gasteiger partial charge is 0.231 e. The molecule has 29 heavy (non-hydrogen) atoms. The maximum absolute atomic E-state index is 13.3. The van der Waals surface area contributed by atoms with Crippen molar-refractivity contribution in [3.8, 4) is 17.2 Å². The normalized spacial score (nSPS) is 17.0. The molecule has 0 saturated carbocycles. The molecular formula is C21H16BrN3O4. The number of rotatable bonds is 3. The number of aryl methyl sites for hydroxylation is 1. The van der Waals surface area contributed by atoms with Crippen molar-refractivity contribution in [2.45, 2.75) is 19.3 Å². The molecule has 8 heteroatoms. The second-order valence-electron chi connectivity index (χ2n) is 6.97. The summed E-state index contributed by atoms with van der Waals surface area (Å²) in [6.07, 6.45) is 0.0765. The highest BCUT2D eigenvalue weighted by atomic mass is 79.9. The molecule has 1 atom stereocenters. The van der Waals surface area contributed by atoms with E-state index in [2.05, 4.69) is 26.3 Å². The average molecular weight is 454 g/mol. The Bertz CT molecular complexity index is 1150. The first-order chi connectivity index (χ1) is 14.0. The largest absolute Gasteiger partial charge is 0.454 e. The predicted molar refractivity (Wildman–Crippen MR) is 109 cm³/mol. The summed E-state index contributed by atoms with van der Waals surface area (Å²) in [5, 5.41) is 7.49. The Morgan fingerprint density at radius 2 is 1.93 bits per heavy atom. The maximum Gasteiger partial charge on any atom is 0.231 e. The van der Waals surface area contributed by atoms with E-state index in [0.717, 1.165) is 15.7 Å². The van der Waals surface area contributed by atoms with E-state index in [4.69, 9.17) is 9.47 Å². The number of aromatic nitrogens is 2. The third-order valence-corrected chi connectivity index (χ3v) is 5.68. The van der Waals surface area contributed by atoms with Crippen LogP contribution in [0.4, 0.5) is 5.82 Å². The number of halogens is 1. The lowest BCUT2D eigenvalue weighted by Crippen LogP contribution is -2.28. The van der Waals surface area contributed by atoms with Crippen molar-refractivity contribution >= 4 is 33.4 Å². The fraction of sp³-hybridized carbons (Fsp3) is 0.190. The molecule has 1 amide bonds. The Morgan fingerprint density at radius 3 is 2.72 bits per heavy atom. The lowest BCUT2D eigenvalue weighted by atomic mass is 9.85. The Labute approximate surface area is 174 Å². The zero-order valence-electron chi connectivity index (χ0n) is 15.4. The molecule has 1 aromatic heterocycles. The molecule has 0 fully saturated rings. The summed E-state index contributed by atoms with van der Waals surface area (Å²) >= 11 is 3.42. The SMILES string of the molecule is Cc1nn(-c2ccc(Br)cc2)c2c1C(C(=O)c1ccc3c(c1)OCO3)CC(=O)N2. The molecule has 0 saturated heterocycles. The molecule has 2 aromatic carbocycles. The van der Waals surface area contributed by atoms with Gasteiger partial charge in [0.25, 0.3) is 0 Å². The number of Topliss-reactive ketones (excluding diaryl/α,β-unsaturated/α-hetero) is 1. The summed E-state index contributed by atoms with van der Waals surface area (Å²) in [5.41, 5.74) is 2.74. The predicted octanol–water partition coefficient (Wildman–Crippen LogP) is 3.98. The van der Waals surface area contributed by atoms with Gasteiger partial charge in [-0.3, -0.25) is 9.59 Å². The van der Waals surface area contributed by atoms with Gasteiger partial charge in [-0.15, -0.1) is 0 Å². The van der Waals surface area contributed by atoms with E-state index in [1.807, 2.05) is 31.2 Å². The Morgan fingerprint density at radius 1 is 1.17 bits per heavy atom. The second kappa shape index (κ2) is 6.73. The number of hydrogen-bond donors (Lipinski definition) is 1. The van der Waals surface area contributed by atoms with Crippen LogP contribution in [0.5, 0.6) is 11.5 Å². The molecule has 3 aromatic rings. The summed E-state index contributed by atoms with van der Waals surface area (Å²) in [6, 6.07) is 12.7. The minimum absolute atomic E-state index is 0.0765. The first-order valence-corrected chi connectivity index (χ1v) is 9.90. The van der Waals surface area contributed by atoms with Gasteiger partial charge in [0, 0.05) is 22.0 Å². The number of amides is 1. The molecule has 2 aliphatic heterocycles. The lowest BCUT2D eigenvalue weighted by molar-refractivity contribution is -0.116. The number of benzene rings is 2. The summed E-state index contributed by atoms with van der Waals surface area (Å²) in [6.45, 7) is 1.99. The number of ketones is 1. The maximum atomic E-state index is 13.3. The van der Waals surface area contributed by atoms with Crippen LogP contribution in [0.2, 0.25) is 0 Å². The Balaban J connectivity index is 1.58. The van der Waals surface area contributed by atoms with Crippen molar-refractivity contribution in [1.29, 1.82) is 0 Å². The van der Waals surface area contributed by atoms with E-state index in [-0.39, 0.29) is 24.9 Å². The van der Waals surface area contributed by atoms with Gasteiger partial charge < -0.3 is 14.8 Å². The van der Waals surface area contributed by atoms with Crippen LogP contribution < -0.4 is 14.8 Å². The number of ether oxygens (including phenoxy) is 2. The highest BCUT2D eigenvalue weighted by Gasteiger charge is 2.36. The van der Waals surface area contributed by atoms with Gasteiger partial charge in [-0.05, 0) is 49.4 Å². The molecule has 0 bridgehead atoms. The van der Waals surface area contributed by atoms with Gasteiger partial charge in [0.1, 0.15) is 5.82 Å². The van der Waals surface area contributed by atoms with Gasteiger partial charge in [-0.1, -0.05) is 15.9 Å². The van der Waals surface area contributed by atoms with Crippen LogP contribution in [-0.2, 0) is 4.79 Å². The molecule has 0 spiro atoms. The van der Waals surface area contributed by atoms with Gasteiger partial charge >= 0.3 is 0 Å². The standard InChI is InChI=1S/C21H16BrN3O4/c1-11-19-15(20(27)12-2-7-16-17(8-12)29-10-28-16)9-18(26)23-21(19)25(24-11)14-5-3-13(22)4-6-14/h2-8,15H,9-10H2,1H3,(H,23,26). The van der Waals surface area contributed by atoms with Crippen LogP contribution in [0.25, 0.3) is 5.69 Å². The van der Waals surface area contributed by atoms with Crippen molar-refractivity contribution < 1.29 is 19.1 Å². The number of fused-ring (bicyclic) bond motifs is 2. The summed E-state index contributed by atoms with van der Waals surface area (Å²) in [5.74, 6) is 0.734. The van der Waals surface area contributed by atoms with Crippen molar-refractivity contribution in [3.63, 3.8) is 0 Å². The third kappa shape index (κ3) is 3.00. The molecule has 1 unspecified atom stereocenters. The molecule has 1 N–H and O–H groups in total. The van der Waals surface area contributed by atoms with E-state index < -0.39 is 5.92 Å². The van der Waals surface area contributed by atoms with Crippen molar-refractivity contribution in [2.75, 3.05) is 12.1 Å². The van der Waals surface area contributed by atoms with Crippen LogP contribution in [-0.4, -0.2) is 28.3 Å². The first-order valence-electron chi connectivity index (χ1n) is 9.10. The van der Waals surface area contributed by atoms with Gasteiger partial charge in [0.05, 0.1) is 17.3 Å². The number of nitrogens with zero attached hydrogens (tertiary/aromatic N) is 2. The molecule has 0 radical (unpaired) electrons. The molecule has 3 heterocycles. The minimum atomic E-state index is -0.608. The van der Waals surface area contributed by atoms with E-state index in [9.17, 15) is 9.59 Å². The summed E-state index contributed by atoms with van der Waals surface area (Å²) < 4.78 is 13.3. The molecule has 7 nitrogen and oxygen atoms in total. The first kappa shape index (κ1) is 17.9. The van der Waals surface area contributed by atoms with Gasteiger partial charge in [-0.2, -0.15) is 5.10 Å². The fourth-order valence-corrected chi connectivity index (χ4v) is 4.06. The molecule has 5 rings (SSSR count).